The largest absolute Gasteiger partial charge is 0.305 e. The second kappa shape index (κ2) is 6.14. The zero-order chi connectivity index (χ0) is 18.4. The van der Waals surface area contributed by atoms with Crippen molar-refractivity contribution in [1.29, 1.82) is 0 Å². The second-order valence-electron chi connectivity index (χ2n) is 5.94. The summed E-state index contributed by atoms with van der Waals surface area (Å²) in [5.74, 6) is -0.213. The van der Waals surface area contributed by atoms with Crippen LogP contribution in [0.5, 0.6) is 0 Å². The highest BCUT2D eigenvalue weighted by Crippen LogP contribution is 2.38. The van der Waals surface area contributed by atoms with Gasteiger partial charge < -0.3 is 4.57 Å². The number of pyridine rings is 2. The van der Waals surface area contributed by atoms with E-state index in [2.05, 4.69) is 20.9 Å². The number of nitro groups is 1. The van der Waals surface area contributed by atoms with Crippen molar-refractivity contribution in [3.05, 3.63) is 68.1 Å². The molecule has 2 aromatic heterocycles. The number of ketones is 1. The van der Waals surface area contributed by atoms with Crippen molar-refractivity contribution in [2.75, 3.05) is 5.33 Å². The zero-order valence-electron chi connectivity index (χ0n) is 13.4. The molecule has 26 heavy (non-hydrogen) atoms. The number of carbonyl (C=O) groups is 1. The standard InChI is InChI=1S/C18H12BrN3O4/c19-6-2-8-21-16-14(17(23)12-3-1-7-20-15(12)16)11-5-4-10(22(25)26)9-13(11)18(21)24/h1,3-5,7,9H,2,6,8H2. The van der Waals surface area contributed by atoms with Gasteiger partial charge in [0.2, 0.25) is 0 Å². The van der Waals surface area contributed by atoms with Crippen molar-refractivity contribution in [2.24, 2.45) is 0 Å². The SMILES string of the molecule is O=C1c2cccnc2-c2c1c1ccc([N+](=O)[O-])cc1c(=O)n2CCCBr. The van der Waals surface area contributed by atoms with Gasteiger partial charge in [0.05, 0.1) is 32.8 Å². The van der Waals surface area contributed by atoms with Crippen molar-refractivity contribution in [1.82, 2.24) is 9.55 Å². The van der Waals surface area contributed by atoms with Gasteiger partial charge in [-0.15, -0.1) is 0 Å². The van der Waals surface area contributed by atoms with Crippen LogP contribution in [0.3, 0.4) is 0 Å². The Morgan fingerprint density at radius 3 is 2.73 bits per heavy atom. The van der Waals surface area contributed by atoms with E-state index in [1.807, 2.05) is 0 Å². The monoisotopic (exact) mass is 413 g/mol. The van der Waals surface area contributed by atoms with Gasteiger partial charge >= 0.3 is 0 Å². The summed E-state index contributed by atoms with van der Waals surface area (Å²) in [7, 11) is 0. The molecule has 0 unspecified atom stereocenters. The molecule has 2 heterocycles. The predicted octanol–water partition coefficient (Wildman–Crippen LogP) is 3.30. The van der Waals surface area contributed by atoms with Crippen LogP contribution in [0.15, 0.2) is 41.3 Å². The Kier molecular flexibility index (Phi) is 3.91. The van der Waals surface area contributed by atoms with Gasteiger partial charge in [-0.2, -0.15) is 0 Å². The molecule has 0 bridgehead atoms. The number of nitro benzene ring substituents is 1. The van der Waals surface area contributed by atoms with Crippen LogP contribution in [0.4, 0.5) is 5.69 Å². The molecule has 0 aliphatic heterocycles. The molecule has 1 aliphatic rings. The van der Waals surface area contributed by atoms with Gasteiger partial charge in [0, 0.05) is 35.6 Å². The zero-order valence-corrected chi connectivity index (χ0v) is 15.0. The molecular weight excluding hydrogens is 402 g/mol. The first-order valence-electron chi connectivity index (χ1n) is 7.95. The number of rotatable bonds is 4. The van der Waals surface area contributed by atoms with Gasteiger partial charge in [-0.05, 0) is 24.6 Å². The van der Waals surface area contributed by atoms with E-state index in [9.17, 15) is 19.7 Å². The Hall–Kier alpha value is -2.87. The number of alkyl halides is 1. The molecule has 0 spiro atoms. The third-order valence-electron chi connectivity index (χ3n) is 4.48. The Morgan fingerprint density at radius 2 is 2.00 bits per heavy atom. The minimum Gasteiger partial charge on any atom is -0.305 e. The maximum atomic E-state index is 13.1. The fraction of sp³-hybridized carbons (Fsp3) is 0.167. The topological polar surface area (TPSA) is 95.1 Å². The van der Waals surface area contributed by atoms with E-state index in [1.54, 1.807) is 18.3 Å². The highest BCUT2D eigenvalue weighted by Gasteiger charge is 2.33. The molecule has 0 saturated carbocycles. The molecule has 7 nitrogen and oxygen atoms in total. The van der Waals surface area contributed by atoms with E-state index >= 15 is 0 Å². The number of fused-ring (bicyclic) bond motifs is 5. The minimum absolute atomic E-state index is 0.175. The molecule has 1 aliphatic carbocycles. The molecule has 4 rings (SSSR count). The molecule has 0 fully saturated rings. The van der Waals surface area contributed by atoms with Crippen molar-refractivity contribution in [3.63, 3.8) is 0 Å². The van der Waals surface area contributed by atoms with Gasteiger partial charge in [-0.3, -0.25) is 24.7 Å². The molecule has 3 aromatic rings. The minimum atomic E-state index is -0.549. The average Bonchev–Trinajstić information content (AvgIpc) is 2.94. The molecule has 0 radical (unpaired) electrons. The van der Waals surface area contributed by atoms with Crippen LogP contribution in [0.1, 0.15) is 22.3 Å². The van der Waals surface area contributed by atoms with Gasteiger partial charge in [-0.1, -0.05) is 15.9 Å². The van der Waals surface area contributed by atoms with E-state index in [1.165, 1.54) is 22.8 Å². The first-order chi connectivity index (χ1) is 12.5. The van der Waals surface area contributed by atoms with Crippen molar-refractivity contribution in [2.45, 2.75) is 13.0 Å². The lowest BCUT2D eigenvalue weighted by atomic mass is 10.0. The lowest BCUT2D eigenvalue weighted by Gasteiger charge is -2.14. The van der Waals surface area contributed by atoms with E-state index < -0.39 is 4.92 Å². The fourth-order valence-electron chi connectivity index (χ4n) is 3.37. The van der Waals surface area contributed by atoms with Gasteiger partial charge in [-0.25, -0.2) is 0 Å². The number of nitrogens with zero attached hydrogens (tertiary/aromatic N) is 3. The number of non-ortho nitro benzene ring substituents is 1. The Balaban J connectivity index is 2.14. The van der Waals surface area contributed by atoms with E-state index in [-0.39, 0.29) is 22.4 Å². The third-order valence-corrected chi connectivity index (χ3v) is 5.05. The van der Waals surface area contributed by atoms with Crippen molar-refractivity contribution >= 4 is 38.2 Å². The summed E-state index contributed by atoms with van der Waals surface area (Å²) in [4.78, 5) is 40.9. The predicted molar refractivity (Wildman–Crippen MR) is 99.9 cm³/mol. The first kappa shape index (κ1) is 16.6. The van der Waals surface area contributed by atoms with E-state index in [4.69, 9.17) is 0 Å². The average molecular weight is 414 g/mol. The molecular formula is C18H12BrN3O4. The van der Waals surface area contributed by atoms with Gasteiger partial charge in [0.1, 0.15) is 0 Å². The molecule has 0 saturated heterocycles. The maximum absolute atomic E-state index is 13.1. The van der Waals surface area contributed by atoms with Crippen molar-refractivity contribution < 1.29 is 9.72 Å². The number of hydrogen-bond donors (Lipinski definition) is 0. The molecule has 130 valence electrons. The number of aromatic nitrogens is 2. The normalized spacial score (nSPS) is 12.3. The summed E-state index contributed by atoms with van der Waals surface area (Å²) in [6, 6.07) is 7.39. The molecule has 0 atom stereocenters. The number of hydrogen-bond acceptors (Lipinski definition) is 5. The van der Waals surface area contributed by atoms with E-state index in [0.717, 1.165) is 0 Å². The molecule has 8 heteroatoms. The lowest BCUT2D eigenvalue weighted by Crippen LogP contribution is -2.24. The van der Waals surface area contributed by atoms with Gasteiger partial charge in [0.25, 0.3) is 11.2 Å². The maximum Gasteiger partial charge on any atom is 0.270 e. The summed E-state index contributed by atoms with van der Waals surface area (Å²) in [5.41, 5.74) is 1.29. The summed E-state index contributed by atoms with van der Waals surface area (Å²) >= 11 is 3.35. The number of halogens is 1. The smallest absolute Gasteiger partial charge is 0.270 e. The highest BCUT2D eigenvalue weighted by atomic mass is 79.9. The van der Waals surface area contributed by atoms with Gasteiger partial charge in [0.15, 0.2) is 5.78 Å². The fourth-order valence-corrected chi connectivity index (χ4v) is 3.62. The third kappa shape index (κ3) is 2.29. The molecule has 1 aromatic carbocycles. The Morgan fingerprint density at radius 1 is 1.19 bits per heavy atom. The van der Waals surface area contributed by atoms with Crippen LogP contribution in [-0.4, -0.2) is 25.6 Å². The van der Waals surface area contributed by atoms with Crippen LogP contribution in [0.25, 0.3) is 22.2 Å². The van der Waals surface area contributed by atoms with Crippen LogP contribution >= 0.6 is 15.9 Å². The lowest BCUT2D eigenvalue weighted by molar-refractivity contribution is -0.384. The highest BCUT2D eigenvalue weighted by molar-refractivity contribution is 9.09. The van der Waals surface area contributed by atoms with Crippen LogP contribution in [0.2, 0.25) is 0 Å². The molecule has 0 N–H and O–H groups in total. The molecule has 0 amide bonds. The summed E-state index contributed by atoms with van der Waals surface area (Å²) in [6.07, 6.45) is 2.25. The Bertz CT molecular complexity index is 1150. The second-order valence-corrected chi connectivity index (χ2v) is 6.73. The number of carbonyl (C=O) groups excluding carboxylic acids is 1. The first-order valence-corrected chi connectivity index (χ1v) is 9.07. The Labute approximate surface area is 155 Å². The summed E-state index contributed by atoms with van der Waals surface area (Å²) in [6.45, 7) is 0.383. The van der Waals surface area contributed by atoms with Crippen LogP contribution in [-0.2, 0) is 6.54 Å². The summed E-state index contributed by atoms with van der Waals surface area (Å²) in [5, 5.41) is 12.4. The van der Waals surface area contributed by atoms with E-state index in [0.29, 0.717) is 46.2 Å². The van der Waals surface area contributed by atoms with Crippen LogP contribution in [0, 0.1) is 10.1 Å². The quantitative estimate of drug-likeness (QED) is 0.290. The van der Waals surface area contributed by atoms with Crippen molar-refractivity contribution in [3.8, 4) is 11.4 Å². The summed E-state index contributed by atoms with van der Waals surface area (Å²) < 4.78 is 1.51. The number of benzene rings is 1. The van der Waals surface area contributed by atoms with Crippen LogP contribution < -0.4 is 5.56 Å².